The van der Waals surface area contributed by atoms with E-state index < -0.39 is 22.3 Å². The lowest BCUT2D eigenvalue weighted by atomic mass is 9.76. The fourth-order valence-corrected chi connectivity index (χ4v) is 15.4. The first kappa shape index (κ1) is 63.0. The monoisotopic (exact) mass is 1170 g/mol. The summed E-state index contributed by atoms with van der Waals surface area (Å²) >= 11 is 0. The summed E-state index contributed by atoms with van der Waals surface area (Å²) < 4.78 is 0. The molecule has 0 radical (unpaired) electrons. The van der Waals surface area contributed by atoms with Crippen LogP contribution >= 0.6 is 0 Å². The van der Waals surface area contributed by atoms with Crippen LogP contribution in [-0.2, 0) is 35.8 Å². The molecule has 1 amide bonds. The standard InChI is InChI=1S/C71H75B2N7O6Si/c1-45(2)67(81)17-12-13-31-79(41-52-33-48(39-74)19-28-65(52)72(83)84)44-64-57-16-11-10-15-56(57)63(43-80(32-14-30-78-71(82)46(3)4)42-53-34-49(40-75)20-29-66(53)73(85)86)58-25-22-51(36-62(58)64)50-21-18-47(5)61(35-50)70-59-26-23-54(76-6)37-68(59)87(8,9)69-38-55(77-7)24-27-60(69)70/h10-11,15-16,18-29,33-38,76,83-86H,1,3,12-14,17,30-32,41-44H2,2,4-9H3,(H,78,82). The number of nitriles is 2. The van der Waals surface area contributed by atoms with Gasteiger partial charge in [0.05, 0.1) is 29.0 Å². The Kier molecular flexibility index (Phi) is 19.9. The fourth-order valence-electron chi connectivity index (χ4n) is 12.3. The van der Waals surface area contributed by atoms with Crippen molar-refractivity contribution in [3.8, 4) is 23.3 Å². The summed E-state index contributed by atoms with van der Waals surface area (Å²) in [5, 5.41) is 75.9. The number of carbonyl (C=O) groups excluding carboxylic acids is 2. The van der Waals surface area contributed by atoms with E-state index in [2.05, 4.69) is 156 Å². The number of Topliss-reactive ketones (excluding diaryl/α,β-unsaturated/α-hetero) is 1. The summed E-state index contributed by atoms with van der Waals surface area (Å²) in [6, 6.07) is 42.7. The SMILES string of the molecule is C=C(C)C(=O)CCCCN(Cc1cc(C#N)ccc1B(O)O)Cc1c2ccccc2c(CN(CCCNC(=O)C(=C)C)Cc2cc(C#N)ccc2B(O)O)c2ccc(-c3ccc(C)c(C4=C5C=CC(=NC)C=C5[Si](C)(C)c5cc(NC)ccc54)c3)cc12. The zero-order valence-electron chi connectivity index (χ0n) is 50.9. The third-order valence-corrected chi connectivity index (χ3v) is 20.6. The maximum absolute atomic E-state index is 12.9. The average molecular weight is 1170 g/mol. The number of amides is 1. The number of hydrogen-bond donors (Lipinski definition) is 6. The van der Waals surface area contributed by atoms with E-state index in [1.165, 1.54) is 27.1 Å². The predicted octanol–water partition coefficient (Wildman–Crippen LogP) is 9.35. The second kappa shape index (κ2) is 27.4. The maximum Gasteiger partial charge on any atom is 0.488 e. The van der Waals surface area contributed by atoms with Crippen LogP contribution in [-0.4, -0.2) is 103 Å². The van der Waals surface area contributed by atoms with Crippen LogP contribution < -0.4 is 26.7 Å². The molecule has 0 aromatic heterocycles. The van der Waals surface area contributed by atoms with Gasteiger partial charge in [-0.1, -0.05) is 99.1 Å². The predicted molar refractivity (Wildman–Crippen MR) is 358 cm³/mol. The highest BCUT2D eigenvalue weighted by atomic mass is 28.3. The Morgan fingerprint density at radius 2 is 1.25 bits per heavy atom. The first-order valence-electron chi connectivity index (χ1n) is 29.6. The molecule has 13 nitrogen and oxygen atoms in total. The molecule has 0 atom stereocenters. The number of fused-ring (bicyclic) bond motifs is 4. The van der Waals surface area contributed by atoms with Crippen LogP contribution in [0.1, 0.15) is 89.6 Å². The van der Waals surface area contributed by atoms with Gasteiger partial charge in [0, 0.05) is 71.0 Å². The Hall–Kier alpha value is -8.54. The van der Waals surface area contributed by atoms with Crippen molar-refractivity contribution in [1.82, 2.24) is 15.1 Å². The van der Waals surface area contributed by atoms with Crippen LogP contribution in [0.4, 0.5) is 5.69 Å². The van der Waals surface area contributed by atoms with E-state index in [0.717, 1.165) is 66.3 Å². The van der Waals surface area contributed by atoms with Crippen molar-refractivity contribution in [2.75, 3.05) is 39.0 Å². The van der Waals surface area contributed by atoms with Gasteiger partial charge in [-0.3, -0.25) is 24.4 Å². The molecule has 0 fully saturated rings. The number of rotatable bonds is 24. The van der Waals surface area contributed by atoms with E-state index in [1.54, 1.807) is 50.2 Å². The smallest absolute Gasteiger partial charge is 0.423 e. The minimum atomic E-state index is -2.24. The summed E-state index contributed by atoms with van der Waals surface area (Å²) in [6.07, 6.45) is 8.78. The van der Waals surface area contributed by atoms with E-state index in [9.17, 15) is 40.2 Å². The topological polar surface area (TPSA) is 206 Å². The van der Waals surface area contributed by atoms with Gasteiger partial charge < -0.3 is 30.7 Å². The quantitative estimate of drug-likeness (QED) is 0.0146. The van der Waals surface area contributed by atoms with Gasteiger partial charge in [0.1, 0.15) is 8.07 Å². The van der Waals surface area contributed by atoms with Crippen molar-refractivity contribution in [1.29, 1.82) is 10.5 Å². The molecule has 0 unspecified atom stereocenters. The molecule has 16 heteroatoms. The number of allylic oxidation sites excluding steroid dienone is 6. The zero-order chi connectivity index (χ0) is 62.3. The normalized spacial score (nSPS) is 13.7. The second-order valence-corrected chi connectivity index (χ2v) is 27.9. The van der Waals surface area contributed by atoms with Crippen LogP contribution in [0.15, 0.2) is 174 Å². The molecule has 1 heterocycles. The van der Waals surface area contributed by atoms with Gasteiger partial charge in [-0.15, -0.1) is 0 Å². The van der Waals surface area contributed by atoms with Crippen LogP contribution in [0.25, 0.3) is 38.2 Å². The average Bonchev–Trinajstić information content (AvgIpc) is 0.753. The molecule has 9 rings (SSSR count). The second-order valence-electron chi connectivity index (χ2n) is 23.5. The molecule has 2 aliphatic rings. The third-order valence-electron chi connectivity index (χ3n) is 17.1. The van der Waals surface area contributed by atoms with Gasteiger partial charge in [-0.25, -0.2) is 0 Å². The van der Waals surface area contributed by atoms with Gasteiger partial charge in [0.25, 0.3) is 0 Å². The lowest BCUT2D eigenvalue weighted by Gasteiger charge is -2.38. The van der Waals surface area contributed by atoms with Gasteiger partial charge in [-0.2, -0.15) is 10.5 Å². The molecular formula is C71H75B2N7O6Si. The summed E-state index contributed by atoms with van der Waals surface area (Å²) in [6.45, 7) is 20.8. The number of aliphatic imine (C=N–C) groups is 1. The van der Waals surface area contributed by atoms with E-state index >= 15 is 0 Å². The first-order chi connectivity index (χ1) is 41.7. The molecule has 1 aliphatic carbocycles. The molecule has 87 heavy (non-hydrogen) atoms. The molecule has 0 bridgehead atoms. The number of anilines is 1. The Labute approximate surface area is 513 Å². The number of aryl methyl sites for hydroxylation is 1. The minimum absolute atomic E-state index is 0.00558. The molecule has 440 valence electrons. The van der Waals surface area contributed by atoms with Crippen LogP contribution in [0.3, 0.4) is 0 Å². The number of nitrogens with zero attached hydrogens (tertiary/aromatic N) is 5. The Morgan fingerprint density at radius 3 is 1.83 bits per heavy atom. The lowest BCUT2D eigenvalue weighted by molar-refractivity contribution is -0.117. The van der Waals surface area contributed by atoms with Crippen molar-refractivity contribution in [2.24, 2.45) is 4.99 Å². The van der Waals surface area contributed by atoms with Gasteiger partial charge >= 0.3 is 14.2 Å². The lowest BCUT2D eigenvalue weighted by Crippen LogP contribution is -2.49. The highest BCUT2D eigenvalue weighted by molar-refractivity contribution is 6.98. The van der Waals surface area contributed by atoms with Crippen LogP contribution in [0.5, 0.6) is 0 Å². The molecular weight excluding hydrogens is 1100 g/mol. The first-order valence-corrected chi connectivity index (χ1v) is 32.6. The summed E-state index contributed by atoms with van der Waals surface area (Å²) in [4.78, 5) is 34.7. The van der Waals surface area contributed by atoms with Gasteiger partial charge in [0.2, 0.25) is 5.91 Å². The van der Waals surface area contributed by atoms with E-state index in [0.29, 0.717) is 97.3 Å². The summed E-state index contributed by atoms with van der Waals surface area (Å²) in [5.41, 5.74) is 15.4. The van der Waals surface area contributed by atoms with E-state index in [1.807, 2.05) is 26.2 Å². The highest BCUT2D eigenvalue weighted by Crippen LogP contribution is 2.44. The highest BCUT2D eigenvalue weighted by Gasteiger charge is 2.40. The molecule has 0 spiro atoms. The maximum atomic E-state index is 12.9. The number of unbranched alkanes of at least 4 members (excludes halogenated alkanes) is 1. The van der Waals surface area contributed by atoms with E-state index in [4.69, 9.17) is 0 Å². The van der Waals surface area contributed by atoms with Crippen molar-refractivity contribution in [2.45, 2.75) is 85.7 Å². The molecule has 0 saturated carbocycles. The van der Waals surface area contributed by atoms with Gasteiger partial charge in [0.15, 0.2) is 5.78 Å². The molecule has 1 aliphatic heterocycles. The number of ketones is 1. The van der Waals surface area contributed by atoms with Crippen molar-refractivity contribution in [3.05, 3.63) is 219 Å². The largest absolute Gasteiger partial charge is 0.488 e. The Balaban J connectivity index is 1.26. The molecule has 7 aromatic carbocycles. The number of benzene rings is 7. The number of carbonyl (C=O) groups is 2. The Bertz CT molecular complexity index is 4110. The summed E-state index contributed by atoms with van der Waals surface area (Å²) in [5.74, 6) is -0.234. The molecule has 0 saturated heterocycles. The third kappa shape index (κ3) is 13.8. The zero-order valence-corrected chi connectivity index (χ0v) is 51.9. The van der Waals surface area contributed by atoms with Crippen LogP contribution in [0.2, 0.25) is 13.1 Å². The number of nitrogens with one attached hydrogen (secondary N) is 2. The molecule has 7 aromatic rings. The Morgan fingerprint density at radius 1 is 0.667 bits per heavy atom. The fraction of sp³-hybridized carbons (Fsp3) is 0.254. The summed E-state index contributed by atoms with van der Waals surface area (Å²) in [7, 11) is -2.01. The van der Waals surface area contributed by atoms with E-state index in [-0.39, 0.29) is 30.2 Å². The van der Waals surface area contributed by atoms with Gasteiger partial charge in [-0.05, 0) is 217 Å². The number of hydrogen-bond acceptors (Lipinski definition) is 12. The van der Waals surface area contributed by atoms with Crippen molar-refractivity contribution >= 4 is 88.6 Å². The minimum Gasteiger partial charge on any atom is -0.423 e. The van der Waals surface area contributed by atoms with Crippen molar-refractivity contribution < 1.29 is 29.7 Å². The molecule has 6 N–H and O–H groups in total. The van der Waals surface area contributed by atoms with Crippen molar-refractivity contribution in [3.63, 3.8) is 0 Å². The van der Waals surface area contributed by atoms with Crippen LogP contribution in [0, 0.1) is 29.6 Å².